The molecule has 0 aromatic carbocycles. The lowest BCUT2D eigenvalue weighted by Gasteiger charge is -2.22. The molecule has 2 N–H and O–H groups in total. The van der Waals surface area contributed by atoms with E-state index in [2.05, 4.69) is 20.8 Å². The molecule has 1 heterocycles. The lowest BCUT2D eigenvalue weighted by molar-refractivity contribution is 0.322. The van der Waals surface area contributed by atoms with E-state index in [0.717, 1.165) is 5.92 Å². The Bertz CT molecular complexity index is 139. The Morgan fingerprint density at radius 3 is 2.42 bits per heavy atom. The van der Waals surface area contributed by atoms with E-state index in [9.17, 15) is 0 Å². The zero-order valence-electron chi connectivity index (χ0n) is 8.47. The molecule has 0 spiro atoms. The standard InChI is InChI=1S/C10H21NS/c1-10(2,3)5-4-8-6-12-7-9(8)11/h8-9H,4-7,11H2,1-3H3. The Balaban J connectivity index is 2.23. The van der Waals surface area contributed by atoms with Gasteiger partial charge in [-0.05, 0) is 29.9 Å². The maximum atomic E-state index is 5.99. The van der Waals surface area contributed by atoms with E-state index >= 15 is 0 Å². The minimum atomic E-state index is 0.470. The molecule has 1 aliphatic heterocycles. The number of hydrogen-bond donors (Lipinski definition) is 1. The fraction of sp³-hybridized carbons (Fsp3) is 1.00. The van der Waals surface area contributed by atoms with Crippen LogP contribution in [0.15, 0.2) is 0 Å². The van der Waals surface area contributed by atoms with Crippen molar-refractivity contribution in [3.05, 3.63) is 0 Å². The molecule has 0 radical (unpaired) electrons. The van der Waals surface area contributed by atoms with Crippen LogP contribution >= 0.6 is 11.8 Å². The van der Waals surface area contributed by atoms with Gasteiger partial charge in [-0.3, -0.25) is 0 Å². The van der Waals surface area contributed by atoms with Crippen molar-refractivity contribution in [3.63, 3.8) is 0 Å². The van der Waals surface area contributed by atoms with E-state index in [4.69, 9.17) is 5.73 Å². The van der Waals surface area contributed by atoms with E-state index < -0.39 is 0 Å². The summed E-state index contributed by atoms with van der Waals surface area (Å²) in [5.41, 5.74) is 6.47. The van der Waals surface area contributed by atoms with E-state index in [1.165, 1.54) is 24.3 Å². The Labute approximate surface area is 80.5 Å². The van der Waals surface area contributed by atoms with Gasteiger partial charge in [-0.1, -0.05) is 20.8 Å². The first-order valence-corrected chi connectivity index (χ1v) is 5.98. The highest BCUT2D eigenvalue weighted by Crippen LogP contribution is 2.30. The molecule has 1 saturated heterocycles. The van der Waals surface area contributed by atoms with Crippen LogP contribution in [0.4, 0.5) is 0 Å². The van der Waals surface area contributed by atoms with Crippen LogP contribution in [0.1, 0.15) is 33.6 Å². The summed E-state index contributed by atoms with van der Waals surface area (Å²) in [6.45, 7) is 6.92. The molecular weight excluding hydrogens is 166 g/mol. The monoisotopic (exact) mass is 187 g/mol. The summed E-state index contributed by atoms with van der Waals surface area (Å²) in [4.78, 5) is 0. The molecule has 1 nitrogen and oxygen atoms in total. The Morgan fingerprint density at radius 2 is 2.00 bits per heavy atom. The van der Waals surface area contributed by atoms with Gasteiger partial charge in [-0.25, -0.2) is 0 Å². The largest absolute Gasteiger partial charge is 0.327 e. The molecule has 0 saturated carbocycles. The lowest BCUT2D eigenvalue weighted by Crippen LogP contribution is -2.29. The summed E-state index contributed by atoms with van der Waals surface area (Å²) in [7, 11) is 0. The van der Waals surface area contributed by atoms with Gasteiger partial charge in [0.15, 0.2) is 0 Å². The van der Waals surface area contributed by atoms with Crippen LogP contribution in [0.25, 0.3) is 0 Å². The summed E-state index contributed by atoms with van der Waals surface area (Å²) < 4.78 is 0. The topological polar surface area (TPSA) is 26.0 Å². The van der Waals surface area contributed by atoms with Gasteiger partial charge >= 0.3 is 0 Å². The van der Waals surface area contributed by atoms with Crippen LogP contribution in [0.3, 0.4) is 0 Å². The van der Waals surface area contributed by atoms with Crippen molar-refractivity contribution in [2.45, 2.75) is 39.7 Å². The van der Waals surface area contributed by atoms with Crippen LogP contribution in [0.2, 0.25) is 0 Å². The highest BCUT2D eigenvalue weighted by Gasteiger charge is 2.25. The Morgan fingerprint density at radius 1 is 1.33 bits per heavy atom. The minimum Gasteiger partial charge on any atom is -0.327 e. The van der Waals surface area contributed by atoms with Gasteiger partial charge in [0.2, 0.25) is 0 Å². The van der Waals surface area contributed by atoms with E-state index in [-0.39, 0.29) is 0 Å². The summed E-state index contributed by atoms with van der Waals surface area (Å²) in [6, 6.07) is 0.470. The SMILES string of the molecule is CC(C)(C)CCC1CSCC1N. The number of hydrogen-bond acceptors (Lipinski definition) is 2. The molecule has 1 rings (SSSR count). The normalized spacial score (nSPS) is 31.0. The zero-order valence-corrected chi connectivity index (χ0v) is 9.29. The van der Waals surface area contributed by atoms with Crippen molar-refractivity contribution in [1.29, 1.82) is 0 Å². The Kier molecular flexibility index (Phi) is 3.47. The van der Waals surface area contributed by atoms with Gasteiger partial charge in [0.1, 0.15) is 0 Å². The third kappa shape index (κ3) is 3.36. The quantitative estimate of drug-likeness (QED) is 0.719. The van der Waals surface area contributed by atoms with Crippen LogP contribution in [-0.4, -0.2) is 17.5 Å². The van der Waals surface area contributed by atoms with Crippen LogP contribution in [0, 0.1) is 11.3 Å². The maximum absolute atomic E-state index is 5.99. The fourth-order valence-electron chi connectivity index (χ4n) is 1.53. The van der Waals surface area contributed by atoms with Gasteiger partial charge in [0, 0.05) is 11.8 Å². The predicted molar refractivity (Wildman–Crippen MR) is 57.5 cm³/mol. The molecular formula is C10H21NS. The van der Waals surface area contributed by atoms with Crippen LogP contribution in [0.5, 0.6) is 0 Å². The molecule has 0 aliphatic carbocycles. The van der Waals surface area contributed by atoms with E-state index in [0.29, 0.717) is 11.5 Å². The summed E-state index contributed by atoms with van der Waals surface area (Å²) in [6.07, 6.45) is 2.63. The van der Waals surface area contributed by atoms with Crippen LogP contribution < -0.4 is 5.73 Å². The summed E-state index contributed by atoms with van der Waals surface area (Å²) >= 11 is 2.02. The lowest BCUT2D eigenvalue weighted by atomic mass is 9.85. The fourth-order valence-corrected chi connectivity index (χ4v) is 2.93. The van der Waals surface area contributed by atoms with Crippen molar-refractivity contribution < 1.29 is 0 Å². The van der Waals surface area contributed by atoms with Gasteiger partial charge in [0.05, 0.1) is 0 Å². The minimum absolute atomic E-state index is 0.470. The predicted octanol–water partition coefficient (Wildman–Crippen LogP) is 2.50. The number of thioether (sulfide) groups is 1. The molecule has 2 heteroatoms. The molecule has 1 aliphatic rings. The van der Waals surface area contributed by atoms with Crippen molar-refractivity contribution >= 4 is 11.8 Å². The zero-order chi connectivity index (χ0) is 9.19. The maximum Gasteiger partial charge on any atom is 0.0166 e. The van der Waals surface area contributed by atoms with E-state index in [1.54, 1.807) is 0 Å². The van der Waals surface area contributed by atoms with Gasteiger partial charge in [0.25, 0.3) is 0 Å². The van der Waals surface area contributed by atoms with Crippen molar-refractivity contribution in [2.75, 3.05) is 11.5 Å². The van der Waals surface area contributed by atoms with Gasteiger partial charge in [-0.15, -0.1) is 0 Å². The van der Waals surface area contributed by atoms with Crippen molar-refractivity contribution in [3.8, 4) is 0 Å². The number of nitrogens with two attached hydrogens (primary N) is 1. The van der Waals surface area contributed by atoms with Gasteiger partial charge in [-0.2, -0.15) is 11.8 Å². The van der Waals surface area contributed by atoms with Crippen molar-refractivity contribution in [2.24, 2.45) is 17.1 Å². The Hall–Kier alpha value is 0.310. The first-order chi connectivity index (χ1) is 5.49. The summed E-state index contributed by atoms with van der Waals surface area (Å²) in [5.74, 6) is 3.25. The molecule has 12 heavy (non-hydrogen) atoms. The van der Waals surface area contributed by atoms with Gasteiger partial charge < -0.3 is 5.73 Å². The third-order valence-electron chi connectivity index (χ3n) is 2.51. The molecule has 2 atom stereocenters. The molecule has 1 fully saturated rings. The van der Waals surface area contributed by atoms with Crippen LogP contribution in [-0.2, 0) is 0 Å². The second-order valence-corrected chi connectivity index (χ2v) is 6.14. The first kappa shape index (κ1) is 10.4. The molecule has 2 unspecified atom stereocenters. The van der Waals surface area contributed by atoms with Crippen molar-refractivity contribution in [1.82, 2.24) is 0 Å². The highest BCUT2D eigenvalue weighted by molar-refractivity contribution is 7.99. The second kappa shape index (κ2) is 4.01. The third-order valence-corrected chi connectivity index (χ3v) is 3.80. The van der Waals surface area contributed by atoms with E-state index in [1.807, 2.05) is 11.8 Å². The molecule has 72 valence electrons. The molecule has 0 amide bonds. The smallest absolute Gasteiger partial charge is 0.0166 e. The molecule has 0 aromatic rings. The number of rotatable bonds is 2. The highest BCUT2D eigenvalue weighted by atomic mass is 32.2. The molecule has 0 aromatic heterocycles. The average molecular weight is 187 g/mol. The summed E-state index contributed by atoms with van der Waals surface area (Å²) in [5, 5.41) is 0. The average Bonchev–Trinajstić information content (AvgIpc) is 2.29. The second-order valence-electron chi connectivity index (χ2n) is 5.06. The first-order valence-electron chi connectivity index (χ1n) is 4.82. The molecule has 0 bridgehead atoms.